The van der Waals surface area contributed by atoms with Gasteiger partial charge in [0, 0.05) is 45.6 Å². The van der Waals surface area contributed by atoms with Crippen LogP contribution < -0.4 is 122 Å². The van der Waals surface area contributed by atoms with E-state index in [0.29, 0.717) is 43.8 Å². The van der Waals surface area contributed by atoms with Crippen molar-refractivity contribution in [3.05, 3.63) is 40.5 Å². The number of ether oxygens (including phenoxy) is 2. The molecule has 1 aromatic carbocycles. The summed E-state index contributed by atoms with van der Waals surface area (Å²) in [5.41, 5.74) is 1.07. The molecule has 0 spiro atoms. The van der Waals surface area contributed by atoms with Crippen LogP contribution in [-0.2, 0) is 35.1 Å². The van der Waals surface area contributed by atoms with Gasteiger partial charge in [0.05, 0.1) is 24.8 Å². The Labute approximate surface area is 309 Å². The number of carbonyl (C=O) groups is 5. The van der Waals surface area contributed by atoms with Gasteiger partial charge in [0.25, 0.3) is 0 Å². The number of amides is 5. The van der Waals surface area contributed by atoms with E-state index >= 15 is 0 Å². The average molecular weight is 645 g/mol. The van der Waals surface area contributed by atoms with Gasteiger partial charge in [-0.05, 0) is 12.0 Å². The zero-order chi connectivity index (χ0) is 24.8. The van der Waals surface area contributed by atoms with Crippen LogP contribution >= 0.6 is 0 Å². The minimum atomic E-state index is -0.622. The van der Waals surface area contributed by atoms with E-state index < -0.39 is 24.3 Å². The summed E-state index contributed by atoms with van der Waals surface area (Å²) >= 11 is 0. The van der Waals surface area contributed by atoms with E-state index in [0.717, 1.165) is 6.42 Å². The molecule has 1 N–H and O–H groups in total. The number of alkyl carbamates (subject to hydrolysis) is 1. The van der Waals surface area contributed by atoms with Crippen molar-refractivity contribution in [1.82, 2.24) is 10.2 Å². The molecule has 0 saturated carbocycles. The van der Waals surface area contributed by atoms with Crippen molar-refractivity contribution < 1.29 is 150 Å². The third kappa shape index (κ3) is 14.9. The monoisotopic (exact) mass is 644 g/mol. The quantitative estimate of drug-likeness (QED) is 0.125. The summed E-state index contributed by atoms with van der Waals surface area (Å²) in [6.07, 6.45) is 0.954. The maximum absolute atomic E-state index is 12.0. The molecule has 1 heterocycles. The van der Waals surface area contributed by atoms with Crippen molar-refractivity contribution in [2.75, 3.05) is 39.5 Å². The molecular weight excluding hydrogens is 615 g/mol. The molecule has 1 aromatic rings. The van der Waals surface area contributed by atoms with Gasteiger partial charge >= 0.3 is 122 Å². The van der Waals surface area contributed by atoms with Gasteiger partial charge in [-0.15, -0.1) is 12.2 Å². The first-order valence-electron chi connectivity index (χ1n) is 11.2. The zero-order valence-electron chi connectivity index (χ0n) is 21.3. The fourth-order valence-corrected chi connectivity index (χ4v) is 2.85. The van der Waals surface area contributed by atoms with Gasteiger partial charge in [-0.25, -0.2) is 4.79 Å². The predicted octanol–water partition coefficient (Wildman–Crippen LogP) is -3.64. The number of imide groups is 1. The van der Waals surface area contributed by atoms with Gasteiger partial charge in [-0.2, -0.15) is 0 Å². The van der Waals surface area contributed by atoms with E-state index in [4.69, 9.17) is 9.47 Å². The Hall–Kier alpha value is 0.140. The summed E-state index contributed by atoms with van der Waals surface area (Å²) in [6, 6.07) is 6.46. The number of likely N-dealkylation sites (tertiary alicyclic amines) is 1. The largest absolute Gasteiger partial charge is 1.00 e. The smallest absolute Gasteiger partial charge is 0.651 e. The number of hydrogen-bond donors (Lipinski definition) is 1. The Morgan fingerprint density at radius 3 is 2.36 bits per heavy atom. The van der Waals surface area contributed by atoms with Crippen molar-refractivity contribution in [2.45, 2.75) is 39.0 Å². The topological polar surface area (TPSA) is 147 Å². The van der Waals surface area contributed by atoms with Gasteiger partial charge in [-0.3, -0.25) is 14.5 Å². The van der Waals surface area contributed by atoms with E-state index in [2.05, 4.69) is 16.0 Å². The van der Waals surface area contributed by atoms with Crippen LogP contribution in [0.3, 0.4) is 0 Å². The minimum absolute atomic E-state index is 0. The Morgan fingerprint density at radius 2 is 1.75 bits per heavy atom. The molecule has 0 aromatic heterocycles. The second kappa shape index (κ2) is 21.0. The molecule has 5 amide bonds. The third-order valence-electron chi connectivity index (χ3n) is 4.71. The van der Waals surface area contributed by atoms with E-state index in [-0.39, 0.29) is 154 Å². The van der Waals surface area contributed by atoms with Crippen LogP contribution in [0.5, 0.6) is 0 Å². The predicted molar refractivity (Wildman–Crippen MR) is 122 cm³/mol. The Kier molecular flexibility index (Phi) is 21.1. The number of carbonyl (C=O) groups excluding carboxylic acids is 5. The van der Waals surface area contributed by atoms with Crippen LogP contribution in [0.15, 0.2) is 24.3 Å². The van der Waals surface area contributed by atoms with Gasteiger partial charge in [-0.1, -0.05) is 31.2 Å². The maximum Gasteiger partial charge on any atom is 1.00 e. The molecule has 0 bridgehead atoms. The van der Waals surface area contributed by atoms with Crippen LogP contribution in [0.2, 0.25) is 0 Å². The van der Waals surface area contributed by atoms with Gasteiger partial charge < -0.3 is 35.0 Å². The van der Waals surface area contributed by atoms with E-state index in [1.165, 1.54) is 4.90 Å². The summed E-state index contributed by atoms with van der Waals surface area (Å²) in [7, 11) is 0. The first-order chi connectivity index (χ1) is 16.4. The van der Waals surface area contributed by atoms with Gasteiger partial charge in [0.1, 0.15) is 0 Å². The van der Waals surface area contributed by atoms with Crippen molar-refractivity contribution >= 4 is 35.4 Å². The summed E-state index contributed by atoms with van der Waals surface area (Å²) in [5.74, 6) is -1.63. The maximum atomic E-state index is 12.0. The van der Waals surface area contributed by atoms with Gasteiger partial charge in [0.2, 0.25) is 11.8 Å². The van der Waals surface area contributed by atoms with Gasteiger partial charge in [0.15, 0.2) is 0 Å². The first-order valence-corrected chi connectivity index (χ1v) is 11.2. The molecule has 1 aliphatic heterocycles. The summed E-state index contributed by atoms with van der Waals surface area (Å²) in [6.45, 7) is 3.89. The molecule has 11 nitrogen and oxygen atoms in total. The fraction of sp³-hybridized carbons (Fsp3) is 0.522. The molecule has 1 aliphatic rings. The summed E-state index contributed by atoms with van der Waals surface area (Å²) in [5, 5.41) is 10.2. The molecule has 1 fully saturated rings. The number of nitrogens with one attached hydrogen (secondary N) is 1. The molecule has 186 valence electrons. The van der Waals surface area contributed by atoms with Crippen LogP contribution in [0.1, 0.15) is 38.2 Å². The molecule has 13 heteroatoms. The molecule has 2 rings (SSSR count). The Bertz CT molecular complexity index is 869. The average Bonchev–Trinajstić information content (AvgIpc) is 2.79. The number of hydrogen-bond acceptors (Lipinski definition) is 7. The van der Waals surface area contributed by atoms with Crippen LogP contribution in [0, 0.1) is 0 Å². The van der Waals surface area contributed by atoms with Crippen LogP contribution in [0.4, 0.5) is 10.5 Å². The number of rotatable bonds is 14. The fourth-order valence-electron chi connectivity index (χ4n) is 2.85. The van der Waals surface area contributed by atoms with Crippen LogP contribution in [-0.4, -0.2) is 74.1 Å². The second-order valence-electron chi connectivity index (χ2n) is 7.52. The zero-order valence-corrected chi connectivity index (χ0v) is 31.1. The molecule has 1 saturated heterocycles. The summed E-state index contributed by atoms with van der Waals surface area (Å²) < 4.78 is 10.2. The minimum Gasteiger partial charge on any atom is -0.651 e. The Morgan fingerprint density at radius 1 is 1.03 bits per heavy atom. The number of nitrogens with zero attached hydrogens (tertiary/aromatic N) is 3. The molecule has 36 heavy (non-hydrogen) atoms. The third-order valence-corrected chi connectivity index (χ3v) is 4.71. The van der Waals surface area contributed by atoms with Crippen LogP contribution in [0.25, 0.3) is 10.6 Å². The standard InChI is InChI=1S/C23H32N4O7.2Rb/c1-2-9-25-23(32)34-13-3-12-33-14-10-24-19(28)16-20(29)26-18-6-4-17(5-7-18)15-22(31)27-11-8-21(27)30;;/h4-7H,2-3,8-16H2,1H3,(H3,24,25,26,28,29,32);;/q;2*+1/p-2. The van der Waals surface area contributed by atoms with Crippen molar-refractivity contribution in [3.63, 3.8) is 0 Å². The SMILES string of the molecule is CCCNC(=O)OCCCOCC[N-]C(=O)CC(=O)[N-]c1ccc(CC(=O)N2CCC2=O)cc1.[Rb+].[Rb+]. The normalized spacial score (nSPS) is 11.8. The summed E-state index contributed by atoms with van der Waals surface area (Å²) in [4.78, 5) is 59.5. The number of benzene rings is 1. The van der Waals surface area contributed by atoms with E-state index in [1.807, 2.05) is 6.92 Å². The van der Waals surface area contributed by atoms with Crippen molar-refractivity contribution in [1.29, 1.82) is 0 Å². The number of β-lactam (4-membered cyclic amide) rings is 1. The molecular formula is C23H30N4O7Rb2. The molecule has 0 radical (unpaired) electrons. The molecule has 0 atom stereocenters. The Balaban J connectivity index is 0.00000612. The first kappa shape index (κ1) is 36.1. The molecule has 0 unspecified atom stereocenters. The van der Waals surface area contributed by atoms with Crippen molar-refractivity contribution in [2.24, 2.45) is 0 Å². The van der Waals surface area contributed by atoms with Crippen molar-refractivity contribution in [3.8, 4) is 0 Å². The molecule has 0 aliphatic carbocycles. The van der Waals surface area contributed by atoms with E-state index in [9.17, 15) is 24.0 Å². The second-order valence-corrected chi connectivity index (χ2v) is 7.52. The van der Waals surface area contributed by atoms with E-state index in [1.54, 1.807) is 24.3 Å².